The average Bonchev–Trinajstić information content (AvgIpc) is 2.16. The van der Waals surface area contributed by atoms with Gasteiger partial charge >= 0.3 is 0 Å². The number of alkyl halides is 1. The second kappa shape index (κ2) is 4.60. The van der Waals surface area contributed by atoms with Crippen molar-refractivity contribution in [1.29, 1.82) is 0 Å². The molecule has 0 spiro atoms. The quantitative estimate of drug-likeness (QED) is 0.684. The molecule has 0 aliphatic rings. The molecular weight excluding hydrogens is 193 g/mol. The Hall–Kier alpha value is -1.58. The van der Waals surface area contributed by atoms with Crippen LogP contribution in [0, 0.1) is 0 Å². The molecular formula is C10H7F3O. The number of hydrogen-bond acceptors (Lipinski definition) is 1. The van der Waals surface area contributed by atoms with Crippen molar-refractivity contribution in [3.05, 3.63) is 47.5 Å². The lowest BCUT2D eigenvalue weighted by Crippen LogP contribution is -1.94. The van der Waals surface area contributed by atoms with Crippen LogP contribution in [0.15, 0.2) is 36.4 Å². The normalized spacial score (nSPS) is 11.9. The van der Waals surface area contributed by atoms with E-state index in [2.05, 4.69) is 0 Å². The smallest absolute Gasteiger partial charge is 0.269 e. The number of benzene rings is 1. The molecule has 0 aromatic heterocycles. The third-order valence-electron chi connectivity index (χ3n) is 1.69. The summed E-state index contributed by atoms with van der Waals surface area (Å²) in [4.78, 5) is 10.4. The van der Waals surface area contributed by atoms with E-state index in [1.165, 1.54) is 24.3 Å². The Kier molecular flexibility index (Phi) is 3.45. The summed E-state index contributed by atoms with van der Waals surface area (Å²) in [6, 6.07) is 5.70. The van der Waals surface area contributed by atoms with Crippen LogP contribution in [0.1, 0.15) is 22.1 Å². The number of carbonyl (C=O) groups is 1. The number of carbonyl (C=O) groups excluding carboxylic acids is 1. The minimum Gasteiger partial charge on any atom is -0.298 e. The number of hydrogen-bond donors (Lipinski definition) is 0. The van der Waals surface area contributed by atoms with Crippen LogP contribution < -0.4 is 0 Å². The van der Waals surface area contributed by atoms with E-state index in [0.29, 0.717) is 6.29 Å². The van der Waals surface area contributed by atoms with E-state index in [9.17, 15) is 18.0 Å². The Morgan fingerprint density at radius 2 is 1.93 bits per heavy atom. The molecule has 0 amide bonds. The molecule has 0 bridgehead atoms. The first kappa shape index (κ1) is 10.5. The van der Waals surface area contributed by atoms with Gasteiger partial charge in [-0.25, -0.2) is 4.39 Å². The molecule has 1 nitrogen and oxygen atoms in total. The fourth-order valence-corrected chi connectivity index (χ4v) is 1.07. The van der Waals surface area contributed by atoms with Crippen LogP contribution in [0.3, 0.4) is 0 Å². The SMILES string of the molecule is O=Cc1ccccc1C(F)C=C(F)F. The first-order chi connectivity index (χ1) is 6.65. The van der Waals surface area contributed by atoms with Crippen molar-refractivity contribution < 1.29 is 18.0 Å². The number of rotatable bonds is 3. The Bertz CT molecular complexity index is 356. The maximum atomic E-state index is 13.1. The molecule has 1 rings (SSSR count). The van der Waals surface area contributed by atoms with E-state index in [0.717, 1.165) is 0 Å². The van der Waals surface area contributed by atoms with Crippen LogP contribution in [0.5, 0.6) is 0 Å². The number of allylic oxidation sites excluding steroid dienone is 1. The third kappa shape index (κ3) is 2.45. The van der Waals surface area contributed by atoms with Crippen molar-refractivity contribution in [3.8, 4) is 0 Å². The fraction of sp³-hybridized carbons (Fsp3) is 0.100. The lowest BCUT2D eigenvalue weighted by Gasteiger charge is -2.04. The second-order valence-electron chi connectivity index (χ2n) is 2.60. The molecule has 14 heavy (non-hydrogen) atoms. The minimum absolute atomic E-state index is 0.0460. The van der Waals surface area contributed by atoms with Gasteiger partial charge in [0.25, 0.3) is 6.08 Å². The van der Waals surface area contributed by atoms with Crippen LogP contribution in [0.25, 0.3) is 0 Å². The topological polar surface area (TPSA) is 17.1 Å². The van der Waals surface area contributed by atoms with Gasteiger partial charge in [-0.05, 0) is 0 Å². The molecule has 0 saturated carbocycles. The first-order valence-electron chi connectivity index (χ1n) is 3.86. The van der Waals surface area contributed by atoms with Crippen LogP contribution >= 0.6 is 0 Å². The highest BCUT2D eigenvalue weighted by atomic mass is 19.3. The van der Waals surface area contributed by atoms with Gasteiger partial charge in [0.15, 0.2) is 0 Å². The van der Waals surface area contributed by atoms with Crippen LogP contribution in [0.4, 0.5) is 13.2 Å². The molecule has 0 heterocycles. The van der Waals surface area contributed by atoms with Gasteiger partial charge < -0.3 is 0 Å². The fourth-order valence-electron chi connectivity index (χ4n) is 1.07. The highest BCUT2D eigenvalue weighted by Gasteiger charge is 2.12. The van der Waals surface area contributed by atoms with E-state index >= 15 is 0 Å². The second-order valence-corrected chi connectivity index (χ2v) is 2.60. The number of aldehydes is 1. The lowest BCUT2D eigenvalue weighted by atomic mass is 10.0. The monoisotopic (exact) mass is 200 g/mol. The van der Waals surface area contributed by atoms with Crippen LogP contribution in [-0.2, 0) is 0 Å². The van der Waals surface area contributed by atoms with Gasteiger partial charge in [0, 0.05) is 17.2 Å². The van der Waals surface area contributed by atoms with Gasteiger partial charge in [0.1, 0.15) is 12.5 Å². The maximum absolute atomic E-state index is 13.1. The number of halogens is 3. The predicted octanol–water partition coefficient (Wildman–Crippen LogP) is 3.29. The Labute approximate surface area is 78.9 Å². The summed E-state index contributed by atoms with van der Waals surface area (Å²) in [6.07, 6.45) is -3.44. The molecule has 4 heteroatoms. The highest BCUT2D eigenvalue weighted by molar-refractivity contribution is 5.77. The molecule has 0 fully saturated rings. The summed E-state index contributed by atoms with van der Waals surface area (Å²) >= 11 is 0. The Morgan fingerprint density at radius 3 is 2.50 bits per heavy atom. The van der Waals surface area contributed by atoms with Gasteiger partial charge in [-0.1, -0.05) is 24.3 Å². The molecule has 1 aromatic rings. The van der Waals surface area contributed by atoms with Crippen molar-refractivity contribution in [3.63, 3.8) is 0 Å². The van der Waals surface area contributed by atoms with E-state index in [-0.39, 0.29) is 17.2 Å². The summed E-state index contributed by atoms with van der Waals surface area (Å²) in [7, 11) is 0. The van der Waals surface area contributed by atoms with Crippen LogP contribution in [0.2, 0.25) is 0 Å². The molecule has 0 N–H and O–H groups in total. The van der Waals surface area contributed by atoms with E-state index < -0.39 is 12.3 Å². The van der Waals surface area contributed by atoms with Gasteiger partial charge in [0.05, 0.1) is 0 Å². The van der Waals surface area contributed by atoms with Crippen molar-refractivity contribution in [2.24, 2.45) is 0 Å². The summed E-state index contributed by atoms with van der Waals surface area (Å²) in [5.74, 6) is 0. The Morgan fingerprint density at radius 1 is 1.29 bits per heavy atom. The van der Waals surface area contributed by atoms with E-state index in [4.69, 9.17) is 0 Å². The van der Waals surface area contributed by atoms with Gasteiger partial charge in [-0.15, -0.1) is 0 Å². The van der Waals surface area contributed by atoms with Crippen molar-refractivity contribution in [2.45, 2.75) is 6.17 Å². The molecule has 74 valence electrons. The third-order valence-corrected chi connectivity index (χ3v) is 1.69. The van der Waals surface area contributed by atoms with Crippen molar-refractivity contribution in [2.75, 3.05) is 0 Å². The summed E-state index contributed by atoms with van der Waals surface area (Å²) < 4.78 is 36.6. The average molecular weight is 200 g/mol. The molecule has 0 aliphatic heterocycles. The van der Waals surface area contributed by atoms with Crippen molar-refractivity contribution in [1.82, 2.24) is 0 Å². The summed E-state index contributed by atoms with van der Waals surface area (Å²) in [5.41, 5.74) is 0.0350. The highest BCUT2D eigenvalue weighted by Crippen LogP contribution is 2.23. The largest absolute Gasteiger partial charge is 0.298 e. The van der Waals surface area contributed by atoms with E-state index in [1.54, 1.807) is 0 Å². The van der Waals surface area contributed by atoms with Gasteiger partial charge in [-0.2, -0.15) is 8.78 Å². The zero-order chi connectivity index (χ0) is 10.6. The molecule has 1 aromatic carbocycles. The van der Waals surface area contributed by atoms with Crippen LogP contribution in [-0.4, -0.2) is 6.29 Å². The summed E-state index contributed by atoms with van der Waals surface area (Å²) in [5, 5.41) is 0. The minimum atomic E-state index is -2.10. The standard InChI is InChI=1S/C10H7F3O/c11-9(5-10(12)13)8-4-2-1-3-7(8)6-14/h1-6,9H. The molecule has 1 atom stereocenters. The maximum Gasteiger partial charge on any atom is 0.269 e. The predicted molar refractivity (Wildman–Crippen MR) is 46.0 cm³/mol. The zero-order valence-corrected chi connectivity index (χ0v) is 7.08. The summed E-state index contributed by atoms with van der Waals surface area (Å²) in [6.45, 7) is 0. The van der Waals surface area contributed by atoms with Gasteiger partial charge in [0.2, 0.25) is 0 Å². The Balaban J connectivity index is 3.05. The zero-order valence-electron chi connectivity index (χ0n) is 7.08. The van der Waals surface area contributed by atoms with Crippen molar-refractivity contribution >= 4 is 6.29 Å². The molecule has 0 radical (unpaired) electrons. The molecule has 0 aliphatic carbocycles. The lowest BCUT2D eigenvalue weighted by molar-refractivity contribution is 0.112. The molecule has 1 unspecified atom stereocenters. The first-order valence-corrected chi connectivity index (χ1v) is 3.86. The van der Waals surface area contributed by atoms with E-state index in [1.807, 2.05) is 0 Å². The molecule has 0 saturated heterocycles. The van der Waals surface area contributed by atoms with Gasteiger partial charge in [-0.3, -0.25) is 4.79 Å².